The van der Waals surface area contributed by atoms with Gasteiger partial charge in [0.25, 0.3) is 0 Å². The Hall–Kier alpha value is -1.15. The molecular formula is C14H23N3O4S. The fourth-order valence-electron chi connectivity index (χ4n) is 3.74. The van der Waals surface area contributed by atoms with Gasteiger partial charge in [-0.1, -0.05) is 19.3 Å². The zero-order chi connectivity index (χ0) is 15.7. The maximum absolute atomic E-state index is 12.5. The van der Waals surface area contributed by atoms with E-state index in [1.165, 1.54) is 15.6 Å². The third kappa shape index (κ3) is 3.12. The fourth-order valence-corrected chi connectivity index (χ4v) is 5.66. The van der Waals surface area contributed by atoms with Crippen molar-refractivity contribution in [3.63, 3.8) is 0 Å². The Labute approximate surface area is 131 Å². The van der Waals surface area contributed by atoms with Crippen molar-refractivity contribution in [3.8, 4) is 0 Å². The Morgan fingerprint density at radius 3 is 2.45 bits per heavy atom. The predicted octanol–water partition coefficient (Wildman–Crippen LogP) is 0.523. The number of imide groups is 1. The van der Waals surface area contributed by atoms with E-state index in [1.54, 1.807) is 0 Å². The molecule has 0 bridgehead atoms. The van der Waals surface area contributed by atoms with E-state index in [-0.39, 0.29) is 36.7 Å². The van der Waals surface area contributed by atoms with Gasteiger partial charge in [0.2, 0.25) is 15.9 Å². The number of nitrogens with zero attached hydrogens (tertiary/aromatic N) is 2. The normalized spacial score (nSPS) is 28.4. The van der Waals surface area contributed by atoms with Crippen LogP contribution in [0.15, 0.2) is 0 Å². The van der Waals surface area contributed by atoms with Crippen LogP contribution in [0.4, 0.5) is 4.79 Å². The highest BCUT2D eigenvalue weighted by Gasteiger charge is 2.41. The largest absolute Gasteiger partial charge is 0.329 e. The molecule has 8 heteroatoms. The molecule has 0 aromatic heterocycles. The van der Waals surface area contributed by atoms with E-state index < -0.39 is 16.1 Å². The Kier molecular flexibility index (Phi) is 4.40. The molecule has 1 saturated carbocycles. The van der Waals surface area contributed by atoms with Gasteiger partial charge in [-0.3, -0.25) is 9.69 Å². The van der Waals surface area contributed by atoms with Gasteiger partial charge < -0.3 is 5.32 Å². The first-order chi connectivity index (χ1) is 10.5. The van der Waals surface area contributed by atoms with Gasteiger partial charge in [-0.05, 0) is 25.2 Å². The summed E-state index contributed by atoms with van der Waals surface area (Å²) in [6, 6.07) is -0.724. The second kappa shape index (κ2) is 6.16. The molecule has 0 aromatic rings. The van der Waals surface area contributed by atoms with Crippen LogP contribution in [-0.4, -0.2) is 61.0 Å². The lowest BCUT2D eigenvalue weighted by Crippen LogP contribution is -2.43. The van der Waals surface area contributed by atoms with Crippen molar-refractivity contribution in [1.82, 2.24) is 14.5 Å². The standard InChI is InChI=1S/C14H23N3O4S/c18-13-8-15-14(19)17(13)12-6-7-16(9-12)22(20,21)10-11-4-2-1-3-5-11/h11-12H,1-10H2,(H,15,19). The summed E-state index contributed by atoms with van der Waals surface area (Å²) >= 11 is 0. The minimum atomic E-state index is -3.29. The molecule has 2 saturated heterocycles. The number of carbonyl (C=O) groups is 2. The topological polar surface area (TPSA) is 86.8 Å². The fraction of sp³-hybridized carbons (Fsp3) is 0.857. The molecule has 1 atom stereocenters. The molecule has 3 amide bonds. The van der Waals surface area contributed by atoms with Crippen molar-refractivity contribution in [2.75, 3.05) is 25.4 Å². The van der Waals surface area contributed by atoms with Crippen LogP contribution in [0.5, 0.6) is 0 Å². The number of nitrogens with one attached hydrogen (secondary N) is 1. The Bertz CT molecular complexity index is 540. The molecule has 22 heavy (non-hydrogen) atoms. The van der Waals surface area contributed by atoms with Crippen LogP contribution >= 0.6 is 0 Å². The van der Waals surface area contributed by atoms with Crippen LogP contribution in [0, 0.1) is 5.92 Å². The molecule has 1 unspecified atom stereocenters. The second-order valence-electron chi connectivity index (χ2n) is 6.51. The first kappa shape index (κ1) is 15.7. The summed E-state index contributed by atoms with van der Waals surface area (Å²) in [4.78, 5) is 24.6. The lowest BCUT2D eigenvalue weighted by Gasteiger charge is -2.25. The molecule has 0 spiro atoms. The number of urea groups is 1. The summed E-state index contributed by atoms with van der Waals surface area (Å²) in [6.07, 6.45) is 5.95. The van der Waals surface area contributed by atoms with E-state index in [2.05, 4.69) is 5.32 Å². The minimum absolute atomic E-state index is 0.0180. The monoisotopic (exact) mass is 329 g/mol. The van der Waals surface area contributed by atoms with Crippen molar-refractivity contribution in [2.45, 2.75) is 44.6 Å². The maximum Gasteiger partial charge on any atom is 0.324 e. The lowest BCUT2D eigenvalue weighted by atomic mass is 9.91. The van der Waals surface area contributed by atoms with Gasteiger partial charge in [-0.2, -0.15) is 4.31 Å². The van der Waals surface area contributed by atoms with E-state index in [0.717, 1.165) is 25.7 Å². The average molecular weight is 329 g/mol. The number of carbonyl (C=O) groups excluding carboxylic acids is 2. The van der Waals surface area contributed by atoms with Crippen LogP contribution in [0.2, 0.25) is 0 Å². The first-order valence-corrected chi connectivity index (χ1v) is 9.66. The quantitative estimate of drug-likeness (QED) is 0.762. The Morgan fingerprint density at radius 1 is 1.09 bits per heavy atom. The van der Waals surface area contributed by atoms with Crippen molar-refractivity contribution in [2.24, 2.45) is 5.92 Å². The van der Waals surface area contributed by atoms with Gasteiger partial charge in [-0.15, -0.1) is 0 Å². The van der Waals surface area contributed by atoms with Crippen LogP contribution in [0.25, 0.3) is 0 Å². The summed E-state index contributed by atoms with van der Waals surface area (Å²) in [5.41, 5.74) is 0. The molecule has 124 valence electrons. The smallest absolute Gasteiger partial charge is 0.324 e. The van der Waals surface area contributed by atoms with Crippen molar-refractivity contribution < 1.29 is 18.0 Å². The van der Waals surface area contributed by atoms with Crippen molar-refractivity contribution in [1.29, 1.82) is 0 Å². The second-order valence-corrected chi connectivity index (χ2v) is 8.52. The van der Waals surface area contributed by atoms with Crippen LogP contribution in [0.3, 0.4) is 0 Å². The summed E-state index contributed by atoms with van der Waals surface area (Å²) in [5.74, 6) is 0.205. The molecule has 2 aliphatic heterocycles. The van der Waals surface area contributed by atoms with E-state index >= 15 is 0 Å². The van der Waals surface area contributed by atoms with Gasteiger partial charge in [0.15, 0.2) is 0 Å². The first-order valence-electron chi connectivity index (χ1n) is 8.05. The maximum atomic E-state index is 12.5. The zero-order valence-electron chi connectivity index (χ0n) is 12.7. The number of sulfonamides is 1. The predicted molar refractivity (Wildman–Crippen MR) is 80.6 cm³/mol. The number of hydrogen-bond acceptors (Lipinski definition) is 4. The highest BCUT2D eigenvalue weighted by atomic mass is 32.2. The number of amides is 3. The van der Waals surface area contributed by atoms with E-state index in [9.17, 15) is 18.0 Å². The highest BCUT2D eigenvalue weighted by Crippen LogP contribution is 2.28. The Morgan fingerprint density at radius 2 is 1.82 bits per heavy atom. The molecule has 1 aliphatic carbocycles. The molecule has 0 radical (unpaired) electrons. The van der Waals surface area contributed by atoms with Gasteiger partial charge in [0, 0.05) is 13.1 Å². The summed E-state index contributed by atoms with van der Waals surface area (Å²) in [6.45, 7) is 0.662. The molecule has 2 heterocycles. The molecule has 1 N–H and O–H groups in total. The van der Waals surface area contributed by atoms with Crippen LogP contribution in [0.1, 0.15) is 38.5 Å². The molecule has 0 aromatic carbocycles. The van der Waals surface area contributed by atoms with Crippen LogP contribution < -0.4 is 5.32 Å². The highest BCUT2D eigenvalue weighted by molar-refractivity contribution is 7.89. The molecule has 3 rings (SSSR count). The summed E-state index contributed by atoms with van der Waals surface area (Å²) in [7, 11) is -3.29. The molecule has 7 nitrogen and oxygen atoms in total. The van der Waals surface area contributed by atoms with E-state index in [4.69, 9.17) is 0 Å². The number of hydrogen-bond donors (Lipinski definition) is 1. The summed E-state index contributed by atoms with van der Waals surface area (Å²) < 4.78 is 26.6. The van der Waals surface area contributed by atoms with Crippen molar-refractivity contribution >= 4 is 22.0 Å². The van der Waals surface area contributed by atoms with Crippen molar-refractivity contribution in [3.05, 3.63) is 0 Å². The van der Waals surface area contributed by atoms with Gasteiger partial charge in [0.1, 0.15) is 0 Å². The average Bonchev–Trinajstić information content (AvgIpc) is 3.07. The molecular weight excluding hydrogens is 306 g/mol. The lowest BCUT2D eigenvalue weighted by molar-refractivity contribution is -0.126. The van der Waals surface area contributed by atoms with E-state index in [0.29, 0.717) is 13.0 Å². The van der Waals surface area contributed by atoms with Gasteiger partial charge >= 0.3 is 6.03 Å². The zero-order valence-corrected chi connectivity index (χ0v) is 13.5. The Balaban J connectivity index is 1.61. The van der Waals surface area contributed by atoms with E-state index in [1.807, 2.05) is 0 Å². The molecule has 3 aliphatic rings. The number of rotatable bonds is 4. The van der Waals surface area contributed by atoms with Crippen LogP contribution in [-0.2, 0) is 14.8 Å². The van der Waals surface area contributed by atoms with Gasteiger partial charge in [-0.25, -0.2) is 13.2 Å². The SMILES string of the molecule is O=C1CNC(=O)N1C1CCN(S(=O)(=O)CC2CCCCC2)C1. The molecule has 3 fully saturated rings. The summed E-state index contributed by atoms with van der Waals surface area (Å²) in [5, 5.41) is 2.49. The minimum Gasteiger partial charge on any atom is -0.329 e. The third-order valence-electron chi connectivity index (χ3n) is 4.93. The third-order valence-corrected chi connectivity index (χ3v) is 6.95. The van der Waals surface area contributed by atoms with Gasteiger partial charge in [0.05, 0.1) is 18.3 Å².